The van der Waals surface area contributed by atoms with Gasteiger partial charge in [0.15, 0.2) is 0 Å². The van der Waals surface area contributed by atoms with E-state index in [0.717, 1.165) is 12.1 Å². The van der Waals surface area contributed by atoms with Gasteiger partial charge in [-0.3, -0.25) is 14.9 Å². The van der Waals surface area contributed by atoms with Crippen LogP contribution in [0.4, 0.5) is 5.69 Å². The normalized spacial score (nSPS) is 11.2. The van der Waals surface area contributed by atoms with Crippen molar-refractivity contribution in [3.8, 4) is 0 Å². The Morgan fingerprint density at radius 2 is 2.00 bits per heavy atom. The standard InChI is InChI=1S/C9H9Cl2N3O5S/c10-6-3-5(4-7(8(6)11)14(16)17)9(15)13-1-2-20(12,18)19/h3-4H,1-2H2,(H,13,15)(H2,12,18,19). The lowest BCUT2D eigenvalue weighted by Gasteiger charge is -2.06. The first-order valence-corrected chi connectivity index (χ1v) is 7.51. The summed E-state index contributed by atoms with van der Waals surface area (Å²) in [5, 5.41) is 17.3. The van der Waals surface area contributed by atoms with Gasteiger partial charge in [-0.25, -0.2) is 13.6 Å². The van der Waals surface area contributed by atoms with Crippen LogP contribution in [-0.2, 0) is 10.0 Å². The Morgan fingerprint density at radius 3 is 2.50 bits per heavy atom. The highest BCUT2D eigenvalue weighted by Gasteiger charge is 2.20. The highest BCUT2D eigenvalue weighted by molar-refractivity contribution is 7.89. The lowest BCUT2D eigenvalue weighted by molar-refractivity contribution is -0.384. The summed E-state index contributed by atoms with van der Waals surface area (Å²) in [6.07, 6.45) is 0. The van der Waals surface area contributed by atoms with E-state index in [2.05, 4.69) is 5.32 Å². The van der Waals surface area contributed by atoms with Gasteiger partial charge in [0.1, 0.15) is 5.02 Å². The third kappa shape index (κ3) is 4.60. The highest BCUT2D eigenvalue weighted by Crippen LogP contribution is 2.32. The summed E-state index contributed by atoms with van der Waals surface area (Å²) in [7, 11) is -3.71. The number of carbonyl (C=O) groups is 1. The molecule has 11 heteroatoms. The Bertz CT molecular complexity index is 662. The summed E-state index contributed by atoms with van der Waals surface area (Å²) in [6.45, 7) is -0.230. The number of nitrogens with one attached hydrogen (secondary N) is 1. The molecule has 20 heavy (non-hydrogen) atoms. The Hall–Kier alpha value is -1.42. The minimum Gasteiger partial charge on any atom is -0.351 e. The summed E-state index contributed by atoms with van der Waals surface area (Å²) in [5.41, 5.74) is -0.628. The van der Waals surface area contributed by atoms with E-state index in [0.29, 0.717) is 0 Å². The molecule has 0 radical (unpaired) electrons. The first kappa shape index (κ1) is 16.6. The second-order valence-electron chi connectivity index (χ2n) is 3.67. The number of rotatable bonds is 5. The van der Waals surface area contributed by atoms with Crippen LogP contribution in [0.25, 0.3) is 0 Å². The summed E-state index contributed by atoms with van der Waals surface area (Å²) in [6, 6.07) is 2.09. The molecule has 0 fully saturated rings. The number of carbonyl (C=O) groups excluding carboxylic acids is 1. The zero-order valence-electron chi connectivity index (χ0n) is 9.80. The number of amides is 1. The van der Waals surface area contributed by atoms with Gasteiger partial charge < -0.3 is 5.32 Å². The maximum absolute atomic E-state index is 11.7. The average molecular weight is 342 g/mol. The zero-order valence-corrected chi connectivity index (χ0v) is 12.1. The fourth-order valence-electron chi connectivity index (χ4n) is 1.25. The van der Waals surface area contributed by atoms with E-state index in [1.54, 1.807) is 0 Å². The van der Waals surface area contributed by atoms with Gasteiger partial charge in [0.2, 0.25) is 10.0 Å². The van der Waals surface area contributed by atoms with Gasteiger partial charge in [-0.05, 0) is 6.07 Å². The number of hydrogen-bond acceptors (Lipinski definition) is 5. The molecule has 0 saturated heterocycles. The van der Waals surface area contributed by atoms with Gasteiger partial charge in [-0.1, -0.05) is 23.2 Å². The van der Waals surface area contributed by atoms with E-state index in [1.807, 2.05) is 0 Å². The fraction of sp³-hybridized carbons (Fsp3) is 0.222. The number of halogens is 2. The minimum atomic E-state index is -3.71. The van der Waals surface area contributed by atoms with E-state index in [-0.39, 0.29) is 22.2 Å². The third-order valence-corrected chi connectivity index (χ3v) is 3.71. The molecular formula is C9H9Cl2N3O5S. The molecular weight excluding hydrogens is 333 g/mol. The molecule has 110 valence electrons. The van der Waals surface area contributed by atoms with Crippen LogP contribution in [0.5, 0.6) is 0 Å². The number of hydrogen-bond donors (Lipinski definition) is 2. The summed E-state index contributed by atoms with van der Waals surface area (Å²) in [4.78, 5) is 21.6. The topological polar surface area (TPSA) is 132 Å². The lowest BCUT2D eigenvalue weighted by Crippen LogP contribution is -2.31. The molecule has 0 aliphatic heterocycles. The van der Waals surface area contributed by atoms with E-state index in [9.17, 15) is 23.3 Å². The van der Waals surface area contributed by atoms with Crippen molar-refractivity contribution < 1.29 is 18.1 Å². The molecule has 0 saturated carbocycles. The van der Waals surface area contributed by atoms with Gasteiger partial charge in [-0.15, -0.1) is 0 Å². The van der Waals surface area contributed by atoms with Gasteiger partial charge in [0.05, 0.1) is 15.7 Å². The van der Waals surface area contributed by atoms with Crippen LogP contribution in [0.2, 0.25) is 10.0 Å². The molecule has 0 unspecified atom stereocenters. The van der Waals surface area contributed by atoms with Crippen molar-refractivity contribution in [1.29, 1.82) is 0 Å². The molecule has 0 bridgehead atoms. The number of benzene rings is 1. The van der Waals surface area contributed by atoms with Crippen LogP contribution in [-0.4, -0.2) is 31.5 Å². The predicted octanol–water partition coefficient (Wildman–Crippen LogP) is 0.920. The highest BCUT2D eigenvalue weighted by atomic mass is 35.5. The van der Waals surface area contributed by atoms with E-state index in [1.165, 1.54) is 0 Å². The average Bonchev–Trinajstić information content (AvgIpc) is 2.30. The van der Waals surface area contributed by atoms with Crippen molar-refractivity contribution in [3.05, 3.63) is 37.9 Å². The number of nitrogens with zero attached hydrogens (tertiary/aromatic N) is 1. The predicted molar refractivity (Wildman–Crippen MR) is 73.4 cm³/mol. The molecule has 0 atom stereocenters. The van der Waals surface area contributed by atoms with Crippen molar-refractivity contribution in [3.63, 3.8) is 0 Å². The first-order chi connectivity index (χ1) is 9.11. The number of nitrogens with two attached hydrogens (primary N) is 1. The smallest absolute Gasteiger partial charge is 0.290 e. The van der Waals surface area contributed by atoms with Crippen LogP contribution in [0.3, 0.4) is 0 Å². The zero-order chi connectivity index (χ0) is 15.5. The van der Waals surface area contributed by atoms with Crippen LogP contribution >= 0.6 is 23.2 Å². The molecule has 0 aliphatic rings. The largest absolute Gasteiger partial charge is 0.351 e. The van der Waals surface area contributed by atoms with Crippen LogP contribution in [0.1, 0.15) is 10.4 Å². The van der Waals surface area contributed by atoms with Crippen LogP contribution in [0.15, 0.2) is 12.1 Å². The van der Waals surface area contributed by atoms with Gasteiger partial charge in [0, 0.05) is 18.2 Å². The van der Waals surface area contributed by atoms with Gasteiger partial charge >= 0.3 is 0 Å². The molecule has 0 spiro atoms. The molecule has 8 nitrogen and oxygen atoms in total. The molecule has 1 rings (SSSR count). The Morgan fingerprint density at radius 1 is 1.40 bits per heavy atom. The molecule has 1 aromatic rings. The minimum absolute atomic E-state index is 0.111. The van der Waals surface area contributed by atoms with E-state index < -0.39 is 32.3 Å². The molecule has 3 N–H and O–H groups in total. The SMILES string of the molecule is NS(=O)(=O)CCNC(=O)c1cc(Cl)c(Cl)c([N+](=O)[O-])c1. The number of sulfonamides is 1. The molecule has 0 aliphatic carbocycles. The summed E-state index contributed by atoms with van der Waals surface area (Å²) >= 11 is 11.3. The van der Waals surface area contributed by atoms with E-state index >= 15 is 0 Å². The van der Waals surface area contributed by atoms with Crippen molar-refractivity contribution in [2.45, 2.75) is 0 Å². The number of nitro benzene ring substituents is 1. The van der Waals surface area contributed by atoms with E-state index in [4.69, 9.17) is 28.3 Å². The number of nitro groups is 1. The first-order valence-electron chi connectivity index (χ1n) is 5.04. The Labute approximate surface area is 124 Å². The van der Waals surface area contributed by atoms with Crippen LogP contribution in [0, 0.1) is 10.1 Å². The van der Waals surface area contributed by atoms with Crippen molar-refractivity contribution >= 4 is 44.8 Å². The Balaban J connectivity index is 2.91. The monoisotopic (exact) mass is 341 g/mol. The second kappa shape index (κ2) is 6.35. The van der Waals surface area contributed by atoms with Crippen molar-refractivity contribution in [1.82, 2.24) is 5.32 Å². The van der Waals surface area contributed by atoms with Crippen LogP contribution < -0.4 is 10.5 Å². The summed E-state index contributed by atoms with van der Waals surface area (Å²) in [5.74, 6) is -1.18. The molecule has 0 aromatic heterocycles. The number of primary sulfonamides is 1. The quantitative estimate of drug-likeness (QED) is 0.606. The third-order valence-electron chi connectivity index (χ3n) is 2.14. The Kier molecular flexibility index (Phi) is 5.28. The maximum atomic E-state index is 11.7. The van der Waals surface area contributed by atoms with Crippen molar-refractivity contribution in [2.24, 2.45) is 5.14 Å². The lowest BCUT2D eigenvalue weighted by atomic mass is 10.2. The van der Waals surface area contributed by atoms with Crippen molar-refractivity contribution in [2.75, 3.05) is 12.3 Å². The van der Waals surface area contributed by atoms with Gasteiger partial charge in [-0.2, -0.15) is 0 Å². The molecule has 1 amide bonds. The maximum Gasteiger partial charge on any atom is 0.290 e. The molecule has 1 aromatic carbocycles. The second-order valence-corrected chi connectivity index (χ2v) is 6.19. The fourth-order valence-corrected chi connectivity index (χ4v) is 2.03. The summed E-state index contributed by atoms with van der Waals surface area (Å²) < 4.78 is 21.4. The van der Waals surface area contributed by atoms with Gasteiger partial charge in [0.25, 0.3) is 11.6 Å². The molecule has 0 heterocycles.